The summed E-state index contributed by atoms with van der Waals surface area (Å²) in [6.45, 7) is 2.92. The number of benzene rings is 1. The maximum atomic E-state index is 12.7. The smallest absolute Gasteiger partial charge is 0.241 e. The summed E-state index contributed by atoms with van der Waals surface area (Å²) < 4.78 is 33.4. The van der Waals surface area contributed by atoms with Gasteiger partial charge in [-0.1, -0.05) is 12.1 Å². The Morgan fingerprint density at radius 1 is 1.38 bits per heavy atom. The molecule has 1 aliphatic heterocycles. The molecule has 0 aliphatic carbocycles. The minimum atomic E-state index is -3.55. The quantitative estimate of drug-likeness (QED) is 0.822. The number of hydrogen-bond acceptors (Lipinski definition) is 5. The summed E-state index contributed by atoms with van der Waals surface area (Å²) in [4.78, 5) is 6.65. The van der Waals surface area contributed by atoms with Crippen LogP contribution < -0.4 is 4.72 Å². The van der Waals surface area contributed by atoms with Crippen LogP contribution in [-0.4, -0.2) is 57.7 Å². The SMILES string of the molecule is COCCN1CCC[C@@H]1CNS(=O)(=O)c1cccc2cnccc12. The number of rotatable bonds is 7. The Labute approximate surface area is 142 Å². The van der Waals surface area contributed by atoms with Crippen molar-refractivity contribution in [3.05, 3.63) is 36.7 Å². The third-order valence-corrected chi connectivity index (χ3v) is 6.00. The summed E-state index contributed by atoms with van der Waals surface area (Å²) in [7, 11) is -1.87. The highest BCUT2D eigenvalue weighted by Gasteiger charge is 2.26. The van der Waals surface area contributed by atoms with Gasteiger partial charge in [0.2, 0.25) is 10.0 Å². The molecule has 7 heteroatoms. The van der Waals surface area contributed by atoms with Gasteiger partial charge in [-0.2, -0.15) is 0 Å². The maximum absolute atomic E-state index is 12.7. The number of ether oxygens (including phenoxy) is 1. The van der Waals surface area contributed by atoms with Crippen LogP contribution in [0.5, 0.6) is 0 Å². The minimum absolute atomic E-state index is 0.228. The van der Waals surface area contributed by atoms with Crippen LogP contribution in [0.3, 0.4) is 0 Å². The van der Waals surface area contributed by atoms with Crippen LogP contribution in [-0.2, 0) is 14.8 Å². The lowest BCUT2D eigenvalue weighted by atomic mass is 10.2. The molecule has 0 bridgehead atoms. The second kappa shape index (κ2) is 7.57. The molecule has 0 unspecified atom stereocenters. The van der Waals surface area contributed by atoms with Crippen LogP contribution in [0.15, 0.2) is 41.6 Å². The zero-order chi connectivity index (χ0) is 17.0. The normalized spacial score (nSPS) is 19.1. The summed E-state index contributed by atoms with van der Waals surface area (Å²) in [5, 5.41) is 1.52. The van der Waals surface area contributed by atoms with Crippen molar-refractivity contribution >= 4 is 20.8 Å². The van der Waals surface area contributed by atoms with Gasteiger partial charge in [0, 0.05) is 49.4 Å². The van der Waals surface area contributed by atoms with E-state index < -0.39 is 10.0 Å². The van der Waals surface area contributed by atoms with Crippen LogP contribution in [0.4, 0.5) is 0 Å². The Balaban J connectivity index is 1.74. The van der Waals surface area contributed by atoms with E-state index in [1.807, 2.05) is 6.07 Å². The Morgan fingerprint density at radius 2 is 2.25 bits per heavy atom. The first kappa shape index (κ1) is 17.3. The van der Waals surface area contributed by atoms with Crippen LogP contribution in [0.1, 0.15) is 12.8 Å². The summed E-state index contributed by atoms with van der Waals surface area (Å²) in [5.74, 6) is 0. The summed E-state index contributed by atoms with van der Waals surface area (Å²) in [6.07, 6.45) is 5.39. The van der Waals surface area contributed by atoms with Crippen molar-refractivity contribution in [3.8, 4) is 0 Å². The van der Waals surface area contributed by atoms with Crippen LogP contribution in [0.25, 0.3) is 10.8 Å². The van der Waals surface area contributed by atoms with E-state index in [4.69, 9.17) is 4.74 Å². The monoisotopic (exact) mass is 349 g/mol. The van der Waals surface area contributed by atoms with Crippen molar-refractivity contribution < 1.29 is 13.2 Å². The maximum Gasteiger partial charge on any atom is 0.241 e. The number of nitrogens with one attached hydrogen (secondary N) is 1. The van der Waals surface area contributed by atoms with E-state index in [1.165, 1.54) is 0 Å². The third kappa shape index (κ3) is 3.75. The van der Waals surface area contributed by atoms with Crippen molar-refractivity contribution in [1.29, 1.82) is 0 Å². The topological polar surface area (TPSA) is 71.5 Å². The highest BCUT2D eigenvalue weighted by molar-refractivity contribution is 7.89. The Bertz CT molecular complexity index is 789. The number of nitrogens with zero attached hydrogens (tertiary/aromatic N) is 2. The van der Waals surface area contributed by atoms with Crippen LogP contribution in [0.2, 0.25) is 0 Å². The van der Waals surface area contributed by atoms with Gasteiger partial charge < -0.3 is 4.74 Å². The van der Waals surface area contributed by atoms with E-state index in [1.54, 1.807) is 37.7 Å². The Morgan fingerprint density at radius 3 is 3.08 bits per heavy atom. The van der Waals surface area contributed by atoms with Gasteiger partial charge in [0.15, 0.2) is 0 Å². The van der Waals surface area contributed by atoms with E-state index in [-0.39, 0.29) is 6.04 Å². The highest BCUT2D eigenvalue weighted by atomic mass is 32.2. The van der Waals surface area contributed by atoms with Gasteiger partial charge in [-0.05, 0) is 31.5 Å². The molecule has 0 amide bonds. The first-order valence-electron chi connectivity index (χ1n) is 8.17. The molecule has 0 spiro atoms. The molecule has 1 aromatic carbocycles. The van der Waals surface area contributed by atoms with Crippen molar-refractivity contribution in [2.45, 2.75) is 23.8 Å². The van der Waals surface area contributed by atoms with E-state index in [2.05, 4.69) is 14.6 Å². The number of sulfonamides is 1. The molecular formula is C17H23N3O3S. The fourth-order valence-electron chi connectivity index (χ4n) is 3.24. The van der Waals surface area contributed by atoms with Crippen molar-refractivity contribution in [2.75, 3.05) is 33.4 Å². The molecular weight excluding hydrogens is 326 g/mol. The third-order valence-electron chi connectivity index (χ3n) is 4.52. The van der Waals surface area contributed by atoms with Gasteiger partial charge in [0.05, 0.1) is 11.5 Å². The van der Waals surface area contributed by atoms with Crippen molar-refractivity contribution in [1.82, 2.24) is 14.6 Å². The number of pyridine rings is 1. The lowest BCUT2D eigenvalue weighted by Gasteiger charge is -2.24. The zero-order valence-electron chi connectivity index (χ0n) is 13.8. The number of likely N-dealkylation sites (tertiary alicyclic amines) is 1. The van der Waals surface area contributed by atoms with E-state index in [0.29, 0.717) is 23.4 Å². The standard InChI is InChI=1S/C17H23N3O3S/c1-23-11-10-20-9-3-5-15(20)13-19-24(21,22)17-6-2-4-14-12-18-8-7-16(14)17/h2,4,6-8,12,15,19H,3,5,9-11,13H2,1H3/t15-/m1/s1. The Hall–Kier alpha value is -1.54. The molecule has 24 heavy (non-hydrogen) atoms. The van der Waals surface area contributed by atoms with Crippen molar-refractivity contribution in [2.24, 2.45) is 0 Å². The lowest BCUT2D eigenvalue weighted by Crippen LogP contribution is -2.41. The fraction of sp³-hybridized carbons (Fsp3) is 0.471. The predicted molar refractivity (Wildman–Crippen MR) is 93.4 cm³/mol. The largest absolute Gasteiger partial charge is 0.383 e. The summed E-state index contributed by atoms with van der Waals surface area (Å²) in [6, 6.07) is 7.22. The zero-order valence-corrected chi connectivity index (χ0v) is 14.6. The van der Waals surface area contributed by atoms with E-state index in [9.17, 15) is 8.42 Å². The lowest BCUT2D eigenvalue weighted by molar-refractivity contribution is 0.141. The summed E-state index contributed by atoms with van der Waals surface area (Å²) in [5.41, 5.74) is 0. The van der Waals surface area contributed by atoms with Gasteiger partial charge >= 0.3 is 0 Å². The fourth-order valence-corrected chi connectivity index (χ4v) is 4.54. The molecule has 1 aliphatic rings. The minimum Gasteiger partial charge on any atom is -0.383 e. The highest BCUT2D eigenvalue weighted by Crippen LogP contribution is 2.22. The van der Waals surface area contributed by atoms with Gasteiger partial charge in [-0.3, -0.25) is 9.88 Å². The van der Waals surface area contributed by atoms with E-state index in [0.717, 1.165) is 31.3 Å². The van der Waals surface area contributed by atoms with E-state index >= 15 is 0 Å². The molecule has 2 heterocycles. The van der Waals surface area contributed by atoms with Crippen LogP contribution in [0, 0.1) is 0 Å². The average molecular weight is 349 g/mol. The summed E-state index contributed by atoms with van der Waals surface area (Å²) >= 11 is 0. The average Bonchev–Trinajstić information content (AvgIpc) is 3.05. The Kier molecular flexibility index (Phi) is 5.45. The molecule has 0 saturated carbocycles. The molecule has 1 atom stereocenters. The first-order valence-corrected chi connectivity index (χ1v) is 9.65. The molecule has 3 rings (SSSR count). The van der Waals surface area contributed by atoms with Crippen LogP contribution >= 0.6 is 0 Å². The van der Waals surface area contributed by atoms with Gasteiger partial charge in [0.25, 0.3) is 0 Å². The van der Waals surface area contributed by atoms with Crippen molar-refractivity contribution in [3.63, 3.8) is 0 Å². The first-order chi connectivity index (χ1) is 11.6. The molecule has 1 saturated heterocycles. The molecule has 1 aromatic heterocycles. The second-order valence-corrected chi connectivity index (χ2v) is 7.77. The number of hydrogen-bond donors (Lipinski definition) is 1. The number of methoxy groups -OCH3 is 1. The van der Waals surface area contributed by atoms with Gasteiger partial charge in [0.1, 0.15) is 0 Å². The molecule has 2 aromatic rings. The molecule has 1 fully saturated rings. The molecule has 6 nitrogen and oxygen atoms in total. The molecule has 1 N–H and O–H groups in total. The second-order valence-electron chi connectivity index (χ2n) is 6.03. The number of aromatic nitrogens is 1. The number of fused-ring (bicyclic) bond motifs is 1. The van der Waals surface area contributed by atoms with Gasteiger partial charge in [-0.25, -0.2) is 13.1 Å². The van der Waals surface area contributed by atoms with Gasteiger partial charge in [-0.15, -0.1) is 0 Å². The molecule has 0 radical (unpaired) electrons. The molecule has 130 valence electrons. The predicted octanol–water partition coefficient (Wildman–Crippen LogP) is 1.62.